The molecule has 1 aromatic carbocycles. The predicted octanol–water partition coefficient (Wildman–Crippen LogP) is 1.82. The van der Waals surface area contributed by atoms with E-state index in [9.17, 15) is 0 Å². The smallest absolute Gasteiger partial charge is 0.191 e. The fourth-order valence-corrected chi connectivity index (χ4v) is 2.61. The average Bonchev–Trinajstić information content (AvgIpc) is 3.17. The third-order valence-corrected chi connectivity index (χ3v) is 4.03. The highest BCUT2D eigenvalue weighted by atomic mass is 16.5. The molecule has 0 aromatic heterocycles. The number of guanidine groups is 1. The lowest BCUT2D eigenvalue weighted by Crippen LogP contribution is -2.46. The molecule has 1 aliphatic rings. The topological polar surface area (TPSA) is 73.3 Å². The molecule has 0 radical (unpaired) electrons. The van der Waals surface area contributed by atoms with Gasteiger partial charge in [0.25, 0.3) is 0 Å². The maximum Gasteiger partial charge on any atom is 0.191 e. The summed E-state index contributed by atoms with van der Waals surface area (Å²) in [6.45, 7) is 6.78. The lowest BCUT2D eigenvalue weighted by molar-refractivity contribution is 0.0347. The molecule has 0 amide bonds. The number of benzene rings is 1. The highest BCUT2D eigenvalue weighted by Gasteiger charge is 2.17. The molecule has 1 aromatic rings. The van der Waals surface area contributed by atoms with E-state index in [2.05, 4.69) is 22.5 Å². The molecule has 1 aliphatic heterocycles. The Labute approximate surface area is 156 Å². The van der Waals surface area contributed by atoms with Crippen molar-refractivity contribution in [2.24, 2.45) is 4.99 Å². The third-order valence-electron chi connectivity index (χ3n) is 4.03. The molecule has 0 saturated carbocycles. The summed E-state index contributed by atoms with van der Waals surface area (Å²) in [5.41, 5.74) is 0. The number of methoxy groups -OCH3 is 1. The Balaban J connectivity index is 1.71. The molecule has 7 nitrogen and oxygen atoms in total. The summed E-state index contributed by atoms with van der Waals surface area (Å²) in [5, 5.41) is 6.60. The van der Waals surface area contributed by atoms with Crippen LogP contribution >= 0.6 is 0 Å². The van der Waals surface area contributed by atoms with Crippen LogP contribution in [-0.4, -0.2) is 64.7 Å². The van der Waals surface area contributed by atoms with Crippen LogP contribution in [0.5, 0.6) is 11.5 Å². The van der Waals surface area contributed by atoms with E-state index in [4.69, 9.17) is 18.9 Å². The van der Waals surface area contributed by atoms with Crippen LogP contribution in [0.3, 0.4) is 0 Å². The van der Waals surface area contributed by atoms with Crippen molar-refractivity contribution in [2.45, 2.75) is 38.5 Å². The van der Waals surface area contributed by atoms with Gasteiger partial charge in [0.15, 0.2) is 17.5 Å². The summed E-state index contributed by atoms with van der Waals surface area (Å²) >= 11 is 0. The van der Waals surface area contributed by atoms with Crippen molar-refractivity contribution >= 4 is 5.96 Å². The summed E-state index contributed by atoms with van der Waals surface area (Å²) < 4.78 is 22.4. The van der Waals surface area contributed by atoms with E-state index in [1.165, 1.54) is 0 Å². The number of para-hydroxylation sites is 2. The molecule has 2 rings (SSSR count). The molecule has 146 valence electrons. The minimum absolute atomic E-state index is 0.0490. The minimum atomic E-state index is -0.0490. The van der Waals surface area contributed by atoms with Gasteiger partial charge in [-0.15, -0.1) is 0 Å². The molecular weight excluding hydrogens is 334 g/mol. The molecular formula is C19H31N3O4. The van der Waals surface area contributed by atoms with Crippen LogP contribution in [-0.2, 0) is 9.47 Å². The molecule has 3 unspecified atom stereocenters. The lowest BCUT2D eigenvalue weighted by Gasteiger charge is -2.22. The zero-order chi connectivity index (χ0) is 18.8. The van der Waals surface area contributed by atoms with Crippen molar-refractivity contribution in [2.75, 3.05) is 40.5 Å². The Morgan fingerprint density at radius 1 is 1.31 bits per heavy atom. The third kappa shape index (κ3) is 6.72. The standard InChI is InChI=1S/C19H31N3O4/c1-14(12-25-16-9-10-24-13-16)22-19(20-3)21-11-15(2)26-18-8-6-5-7-17(18)23-4/h5-8,14-16H,9-13H2,1-4H3,(H2,20,21,22). The van der Waals surface area contributed by atoms with Gasteiger partial charge in [0.05, 0.1) is 33.0 Å². The van der Waals surface area contributed by atoms with E-state index in [1.54, 1.807) is 14.2 Å². The van der Waals surface area contributed by atoms with Gasteiger partial charge in [-0.25, -0.2) is 0 Å². The molecule has 1 heterocycles. The number of nitrogens with zero attached hydrogens (tertiary/aromatic N) is 1. The van der Waals surface area contributed by atoms with Crippen LogP contribution in [0.4, 0.5) is 0 Å². The summed E-state index contributed by atoms with van der Waals surface area (Å²) in [7, 11) is 3.39. The van der Waals surface area contributed by atoms with Crippen molar-refractivity contribution in [1.29, 1.82) is 0 Å². The molecule has 1 fully saturated rings. The van der Waals surface area contributed by atoms with Gasteiger partial charge in [-0.2, -0.15) is 0 Å². The van der Waals surface area contributed by atoms with Crippen LogP contribution in [0.15, 0.2) is 29.3 Å². The van der Waals surface area contributed by atoms with Gasteiger partial charge < -0.3 is 29.6 Å². The molecule has 0 spiro atoms. The van der Waals surface area contributed by atoms with Crippen molar-refractivity contribution in [3.05, 3.63) is 24.3 Å². The van der Waals surface area contributed by atoms with Crippen LogP contribution in [0.1, 0.15) is 20.3 Å². The van der Waals surface area contributed by atoms with Gasteiger partial charge in [0, 0.05) is 19.7 Å². The Morgan fingerprint density at radius 2 is 2.08 bits per heavy atom. The SMILES string of the molecule is CN=C(NCC(C)Oc1ccccc1OC)NC(C)COC1CCOC1. The predicted molar refractivity (Wildman–Crippen MR) is 102 cm³/mol. The first-order valence-corrected chi connectivity index (χ1v) is 9.08. The van der Waals surface area contributed by atoms with Gasteiger partial charge >= 0.3 is 0 Å². The molecule has 2 N–H and O–H groups in total. The highest BCUT2D eigenvalue weighted by Crippen LogP contribution is 2.26. The summed E-state index contributed by atoms with van der Waals surface area (Å²) in [6, 6.07) is 7.77. The van der Waals surface area contributed by atoms with Gasteiger partial charge in [-0.05, 0) is 32.4 Å². The van der Waals surface area contributed by atoms with Crippen LogP contribution < -0.4 is 20.1 Å². The van der Waals surface area contributed by atoms with Gasteiger partial charge in [-0.1, -0.05) is 12.1 Å². The van der Waals surface area contributed by atoms with E-state index in [1.807, 2.05) is 31.2 Å². The first-order chi connectivity index (χ1) is 12.6. The van der Waals surface area contributed by atoms with E-state index in [0.29, 0.717) is 19.8 Å². The highest BCUT2D eigenvalue weighted by molar-refractivity contribution is 5.79. The minimum Gasteiger partial charge on any atom is -0.493 e. The molecule has 7 heteroatoms. The second-order valence-electron chi connectivity index (χ2n) is 6.40. The number of hydrogen-bond donors (Lipinski definition) is 2. The maximum absolute atomic E-state index is 5.94. The van der Waals surface area contributed by atoms with E-state index in [0.717, 1.165) is 30.5 Å². The van der Waals surface area contributed by atoms with E-state index >= 15 is 0 Å². The number of nitrogens with one attached hydrogen (secondary N) is 2. The molecule has 1 saturated heterocycles. The number of rotatable bonds is 9. The number of ether oxygens (including phenoxy) is 4. The number of aliphatic imine (C=N–C) groups is 1. The van der Waals surface area contributed by atoms with Crippen LogP contribution in [0.25, 0.3) is 0 Å². The van der Waals surface area contributed by atoms with Gasteiger partial charge in [-0.3, -0.25) is 4.99 Å². The fourth-order valence-electron chi connectivity index (χ4n) is 2.61. The maximum atomic E-state index is 5.94. The summed E-state index contributed by atoms with van der Waals surface area (Å²) in [5.74, 6) is 2.18. The Morgan fingerprint density at radius 3 is 2.73 bits per heavy atom. The monoisotopic (exact) mass is 365 g/mol. The van der Waals surface area contributed by atoms with Crippen molar-refractivity contribution in [1.82, 2.24) is 10.6 Å². The summed E-state index contributed by atoms with van der Waals surface area (Å²) in [4.78, 5) is 4.25. The van der Waals surface area contributed by atoms with E-state index < -0.39 is 0 Å². The second kappa shape index (κ2) is 10.9. The zero-order valence-electron chi connectivity index (χ0n) is 16.2. The molecule has 0 bridgehead atoms. The van der Waals surface area contributed by atoms with Crippen LogP contribution in [0, 0.1) is 0 Å². The molecule has 26 heavy (non-hydrogen) atoms. The quantitative estimate of drug-likeness (QED) is 0.514. The summed E-state index contributed by atoms with van der Waals surface area (Å²) in [6.07, 6.45) is 1.13. The Hall–Kier alpha value is -1.99. The molecule has 0 aliphatic carbocycles. The Kier molecular flexibility index (Phi) is 8.50. The van der Waals surface area contributed by atoms with Crippen molar-refractivity contribution in [3.63, 3.8) is 0 Å². The van der Waals surface area contributed by atoms with E-state index in [-0.39, 0.29) is 18.2 Å². The van der Waals surface area contributed by atoms with Crippen molar-refractivity contribution < 1.29 is 18.9 Å². The number of hydrogen-bond acceptors (Lipinski definition) is 5. The zero-order valence-corrected chi connectivity index (χ0v) is 16.2. The van der Waals surface area contributed by atoms with Crippen molar-refractivity contribution in [3.8, 4) is 11.5 Å². The average molecular weight is 365 g/mol. The normalized spacial score (nSPS) is 19.7. The second-order valence-corrected chi connectivity index (χ2v) is 6.40. The molecule has 3 atom stereocenters. The first-order valence-electron chi connectivity index (χ1n) is 9.08. The first kappa shape index (κ1) is 20.3. The van der Waals surface area contributed by atoms with Gasteiger partial charge in [0.2, 0.25) is 0 Å². The fraction of sp³-hybridized carbons (Fsp3) is 0.632. The Bertz CT molecular complexity index is 561. The lowest BCUT2D eigenvalue weighted by atomic mass is 10.3. The largest absolute Gasteiger partial charge is 0.493 e. The van der Waals surface area contributed by atoms with Crippen LogP contribution in [0.2, 0.25) is 0 Å². The van der Waals surface area contributed by atoms with Gasteiger partial charge in [0.1, 0.15) is 6.10 Å².